The number of anilines is 2. The molecule has 0 fully saturated rings. The second-order valence-electron chi connectivity index (χ2n) is 5.23. The van der Waals surface area contributed by atoms with Gasteiger partial charge in [-0.05, 0) is 62.6 Å². The van der Waals surface area contributed by atoms with Crippen LogP contribution in [0.3, 0.4) is 0 Å². The van der Waals surface area contributed by atoms with E-state index in [0.717, 1.165) is 16.9 Å². The van der Waals surface area contributed by atoms with Gasteiger partial charge >= 0.3 is 0 Å². The fourth-order valence-electron chi connectivity index (χ4n) is 2.40. The standard InChI is InChI=1S/C17H17N3OS/c1-11-10-18-17-15(11)4-3-5-16(17)19-20(22)14-8-6-13(7-9-14)12(2)21/h3-10,18-19,22H,1-2H3. The molecule has 0 amide bonds. The van der Waals surface area contributed by atoms with Crippen LogP contribution in [0.5, 0.6) is 0 Å². The van der Waals surface area contributed by atoms with Crippen molar-refractivity contribution in [1.29, 1.82) is 0 Å². The number of nitrogens with zero attached hydrogens (tertiary/aromatic N) is 1. The zero-order valence-electron chi connectivity index (χ0n) is 12.4. The van der Waals surface area contributed by atoms with Gasteiger partial charge in [0, 0.05) is 17.1 Å². The van der Waals surface area contributed by atoms with Crippen molar-refractivity contribution in [2.75, 3.05) is 9.84 Å². The zero-order valence-corrected chi connectivity index (χ0v) is 13.3. The quantitative estimate of drug-likeness (QED) is 0.381. The molecule has 2 aromatic carbocycles. The Bertz CT molecular complexity index is 824. The van der Waals surface area contributed by atoms with Crippen LogP contribution in [0.2, 0.25) is 0 Å². The molecule has 0 saturated heterocycles. The van der Waals surface area contributed by atoms with Crippen LogP contribution in [-0.2, 0) is 0 Å². The van der Waals surface area contributed by atoms with E-state index >= 15 is 0 Å². The number of H-pyrrole nitrogens is 1. The topological polar surface area (TPSA) is 48.1 Å². The summed E-state index contributed by atoms with van der Waals surface area (Å²) in [6.45, 7) is 3.63. The number of rotatable bonds is 4. The van der Waals surface area contributed by atoms with Gasteiger partial charge in [0.15, 0.2) is 5.78 Å². The largest absolute Gasteiger partial charge is 0.359 e. The van der Waals surface area contributed by atoms with Crippen LogP contribution in [0.15, 0.2) is 48.7 Å². The van der Waals surface area contributed by atoms with E-state index in [9.17, 15) is 4.79 Å². The first-order chi connectivity index (χ1) is 10.6. The molecular weight excluding hydrogens is 294 g/mol. The van der Waals surface area contributed by atoms with Gasteiger partial charge in [0.2, 0.25) is 0 Å². The van der Waals surface area contributed by atoms with Crippen molar-refractivity contribution >= 4 is 40.9 Å². The van der Waals surface area contributed by atoms with E-state index in [-0.39, 0.29) is 5.78 Å². The highest BCUT2D eigenvalue weighted by molar-refractivity contribution is 7.81. The lowest BCUT2D eigenvalue weighted by Crippen LogP contribution is -2.19. The van der Waals surface area contributed by atoms with E-state index in [0.29, 0.717) is 5.56 Å². The van der Waals surface area contributed by atoms with Crippen LogP contribution < -0.4 is 9.84 Å². The summed E-state index contributed by atoms with van der Waals surface area (Å²) in [6.07, 6.45) is 1.99. The third-order valence-corrected chi connectivity index (χ3v) is 4.00. The number of carbonyl (C=O) groups is 1. The summed E-state index contributed by atoms with van der Waals surface area (Å²) in [6, 6.07) is 13.4. The molecule has 1 aromatic heterocycles. The molecule has 0 radical (unpaired) electrons. The summed E-state index contributed by atoms with van der Waals surface area (Å²) in [5, 5.41) is 1.18. The van der Waals surface area contributed by atoms with Crippen LogP contribution in [0.1, 0.15) is 22.8 Å². The number of fused-ring (bicyclic) bond motifs is 1. The van der Waals surface area contributed by atoms with Crippen LogP contribution in [0.25, 0.3) is 10.9 Å². The summed E-state index contributed by atoms with van der Waals surface area (Å²) in [4.78, 5) is 14.6. The maximum Gasteiger partial charge on any atom is 0.159 e. The minimum atomic E-state index is 0.0526. The van der Waals surface area contributed by atoms with E-state index < -0.39 is 0 Å². The Balaban J connectivity index is 1.86. The van der Waals surface area contributed by atoms with E-state index in [1.54, 1.807) is 23.5 Å². The Morgan fingerprint density at radius 2 is 1.91 bits per heavy atom. The number of aryl methyl sites for hydroxylation is 1. The number of thiol groups is 1. The number of carbonyl (C=O) groups excluding carboxylic acids is 1. The second kappa shape index (κ2) is 5.77. The van der Waals surface area contributed by atoms with E-state index in [1.165, 1.54) is 10.9 Å². The highest BCUT2D eigenvalue weighted by Gasteiger charge is 2.08. The summed E-state index contributed by atoms with van der Waals surface area (Å²) in [5.74, 6) is 0.0526. The fourth-order valence-corrected chi connectivity index (χ4v) is 2.64. The maximum atomic E-state index is 11.3. The van der Waals surface area contributed by atoms with E-state index in [2.05, 4.69) is 36.2 Å². The van der Waals surface area contributed by atoms with Crippen molar-refractivity contribution in [3.8, 4) is 0 Å². The molecule has 3 rings (SSSR count). The Morgan fingerprint density at radius 3 is 2.59 bits per heavy atom. The van der Waals surface area contributed by atoms with Gasteiger partial charge in [-0.25, -0.2) is 4.41 Å². The highest BCUT2D eigenvalue weighted by Crippen LogP contribution is 2.27. The minimum Gasteiger partial charge on any atom is -0.359 e. The normalized spacial score (nSPS) is 10.7. The van der Waals surface area contributed by atoms with Gasteiger partial charge in [-0.3, -0.25) is 10.2 Å². The van der Waals surface area contributed by atoms with Crippen molar-refractivity contribution in [1.82, 2.24) is 4.98 Å². The summed E-state index contributed by atoms with van der Waals surface area (Å²) < 4.78 is 1.63. The number of Topliss-reactive ketones (excluding diaryl/α,β-unsaturated/α-hetero) is 1. The first-order valence-electron chi connectivity index (χ1n) is 6.99. The molecule has 0 spiro atoms. The van der Waals surface area contributed by atoms with Gasteiger partial charge in [-0.15, -0.1) is 0 Å². The summed E-state index contributed by atoms with van der Waals surface area (Å²) >= 11 is 4.47. The van der Waals surface area contributed by atoms with Gasteiger partial charge in [0.05, 0.1) is 16.9 Å². The summed E-state index contributed by atoms with van der Waals surface area (Å²) in [5.41, 5.74) is 7.97. The highest BCUT2D eigenvalue weighted by atomic mass is 32.1. The average Bonchev–Trinajstić information content (AvgIpc) is 2.90. The van der Waals surface area contributed by atoms with Crippen molar-refractivity contribution < 1.29 is 4.79 Å². The molecule has 4 nitrogen and oxygen atoms in total. The molecule has 0 bridgehead atoms. The lowest BCUT2D eigenvalue weighted by Gasteiger charge is -2.20. The van der Waals surface area contributed by atoms with E-state index in [4.69, 9.17) is 0 Å². The van der Waals surface area contributed by atoms with Crippen LogP contribution in [0, 0.1) is 6.92 Å². The number of benzene rings is 2. The number of para-hydroxylation sites is 1. The molecule has 112 valence electrons. The third kappa shape index (κ3) is 2.67. The number of nitrogens with one attached hydrogen (secondary N) is 2. The van der Waals surface area contributed by atoms with Gasteiger partial charge in [-0.1, -0.05) is 12.1 Å². The molecule has 3 aromatic rings. The number of aromatic nitrogens is 1. The Kier molecular flexibility index (Phi) is 3.81. The maximum absolute atomic E-state index is 11.3. The zero-order chi connectivity index (χ0) is 15.7. The van der Waals surface area contributed by atoms with Gasteiger partial charge < -0.3 is 4.98 Å². The second-order valence-corrected chi connectivity index (χ2v) is 5.63. The first-order valence-corrected chi connectivity index (χ1v) is 7.39. The fraction of sp³-hybridized carbons (Fsp3) is 0.118. The molecule has 0 atom stereocenters. The molecule has 0 aliphatic rings. The molecule has 0 saturated carbocycles. The number of hydrogen-bond acceptors (Lipinski definition) is 4. The van der Waals surface area contributed by atoms with Gasteiger partial charge in [-0.2, -0.15) is 0 Å². The minimum absolute atomic E-state index is 0.0526. The molecule has 0 unspecified atom stereocenters. The predicted molar refractivity (Wildman–Crippen MR) is 94.6 cm³/mol. The molecule has 22 heavy (non-hydrogen) atoms. The SMILES string of the molecule is CC(=O)c1ccc(N(S)Nc2cccc3c(C)c[nH]c23)cc1. The number of hydrazine groups is 1. The Hall–Kier alpha value is -2.40. The van der Waals surface area contributed by atoms with Crippen molar-refractivity contribution in [2.24, 2.45) is 0 Å². The predicted octanol–water partition coefficient (Wildman–Crippen LogP) is 4.36. The molecule has 1 heterocycles. The first kappa shape index (κ1) is 14.5. The average molecular weight is 311 g/mol. The molecular formula is C17H17N3OS. The van der Waals surface area contributed by atoms with Crippen molar-refractivity contribution in [3.63, 3.8) is 0 Å². The van der Waals surface area contributed by atoms with E-state index in [1.807, 2.05) is 30.5 Å². The lowest BCUT2D eigenvalue weighted by atomic mass is 10.1. The number of hydrogen-bond donors (Lipinski definition) is 3. The van der Waals surface area contributed by atoms with Gasteiger partial charge in [0.25, 0.3) is 0 Å². The summed E-state index contributed by atoms with van der Waals surface area (Å²) in [7, 11) is 0. The Morgan fingerprint density at radius 1 is 1.18 bits per heavy atom. The third-order valence-electron chi connectivity index (χ3n) is 3.67. The molecule has 0 aliphatic heterocycles. The molecule has 5 heteroatoms. The number of ketones is 1. The van der Waals surface area contributed by atoms with Crippen molar-refractivity contribution in [3.05, 3.63) is 59.8 Å². The molecule has 2 N–H and O–H groups in total. The molecule has 0 aliphatic carbocycles. The Labute approximate surface area is 134 Å². The smallest absolute Gasteiger partial charge is 0.159 e. The van der Waals surface area contributed by atoms with Gasteiger partial charge in [0.1, 0.15) is 0 Å². The lowest BCUT2D eigenvalue weighted by molar-refractivity contribution is 0.101. The monoisotopic (exact) mass is 311 g/mol. The van der Waals surface area contributed by atoms with Crippen LogP contribution >= 0.6 is 12.8 Å². The number of aromatic amines is 1. The van der Waals surface area contributed by atoms with Crippen molar-refractivity contribution in [2.45, 2.75) is 13.8 Å². The van der Waals surface area contributed by atoms with Crippen LogP contribution in [0.4, 0.5) is 11.4 Å². The van der Waals surface area contributed by atoms with Crippen LogP contribution in [-0.4, -0.2) is 10.8 Å².